The Bertz CT molecular complexity index is 405. The first-order chi connectivity index (χ1) is 5.83. The lowest BCUT2D eigenvalue weighted by atomic mass is 10.3. The first-order valence-corrected chi connectivity index (χ1v) is 3.57. The summed E-state index contributed by atoms with van der Waals surface area (Å²) in [7, 11) is 1.83. The molecule has 3 N–H and O–H groups in total. The highest BCUT2D eigenvalue weighted by Crippen LogP contribution is 2.17. The van der Waals surface area contributed by atoms with Gasteiger partial charge in [-0.2, -0.15) is 5.10 Å². The number of pyridine rings is 1. The van der Waals surface area contributed by atoms with E-state index in [4.69, 9.17) is 5.84 Å². The minimum atomic E-state index is 0.653. The van der Waals surface area contributed by atoms with Crippen LogP contribution in [0.2, 0.25) is 0 Å². The fraction of sp³-hybridized carbons (Fsp3) is 0.143. The zero-order chi connectivity index (χ0) is 8.55. The average molecular weight is 163 g/mol. The van der Waals surface area contributed by atoms with Crippen LogP contribution < -0.4 is 11.3 Å². The number of hydrazine groups is 1. The molecule has 5 heteroatoms. The highest BCUT2D eigenvalue weighted by atomic mass is 15.4. The lowest BCUT2D eigenvalue weighted by molar-refractivity contribution is 0.788. The summed E-state index contributed by atoms with van der Waals surface area (Å²) in [5, 5.41) is 5.06. The molecule has 0 saturated carbocycles. The number of nitrogens with zero attached hydrogens (tertiary/aromatic N) is 3. The Morgan fingerprint density at radius 2 is 2.42 bits per heavy atom. The predicted octanol–water partition coefficient (Wildman–Crippen LogP) is 0.254. The third-order valence-corrected chi connectivity index (χ3v) is 1.74. The molecule has 0 fully saturated rings. The molecule has 0 radical (unpaired) electrons. The fourth-order valence-electron chi connectivity index (χ4n) is 1.20. The molecular weight excluding hydrogens is 154 g/mol. The molecule has 0 aromatic carbocycles. The van der Waals surface area contributed by atoms with Gasteiger partial charge in [0, 0.05) is 13.2 Å². The topological polar surface area (TPSA) is 68.8 Å². The Hall–Kier alpha value is -1.62. The molecular formula is C7H9N5. The van der Waals surface area contributed by atoms with Crippen molar-refractivity contribution in [1.29, 1.82) is 0 Å². The number of aromatic nitrogens is 3. The van der Waals surface area contributed by atoms with E-state index in [9.17, 15) is 0 Å². The van der Waals surface area contributed by atoms with Crippen LogP contribution in [-0.2, 0) is 7.05 Å². The van der Waals surface area contributed by atoms with Gasteiger partial charge in [0.2, 0.25) is 0 Å². The molecule has 0 unspecified atom stereocenters. The largest absolute Gasteiger partial charge is 0.306 e. The molecule has 0 spiro atoms. The van der Waals surface area contributed by atoms with Crippen LogP contribution in [0.1, 0.15) is 0 Å². The van der Waals surface area contributed by atoms with Gasteiger partial charge in [-0.05, 0) is 12.1 Å². The summed E-state index contributed by atoms with van der Waals surface area (Å²) >= 11 is 0. The zero-order valence-electron chi connectivity index (χ0n) is 6.65. The van der Waals surface area contributed by atoms with Gasteiger partial charge in [-0.15, -0.1) is 0 Å². The Kier molecular flexibility index (Phi) is 1.44. The first kappa shape index (κ1) is 7.05. The number of hydrogen-bond acceptors (Lipinski definition) is 4. The maximum Gasteiger partial charge on any atom is 0.171 e. The second-order valence-electron chi connectivity index (χ2n) is 2.49. The van der Waals surface area contributed by atoms with Crippen LogP contribution in [0.15, 0.2) is 18.3 Å². The highest BCUT2D eigenvalue weighted by Gasteiger charge is 2.05. The zero-order valence-corrected chi connectivity index (χ0v) is 6.65. The average Bonchev–Trinajstić information content (AvgIpc) is 2.44. The Morgan fingerprint density at radius 1 is 1.58 bits per heavy atom. The van der Waals surface area contributed by atoms with Gasteiger partial charge >= 0.3 is 0 Å². The monoisotopic (exact) mass is 163 g/mol. The molecule has 2 aromatic rings. The molecule has 0 aliphatic heterocycles. The third-order valence-electron chi connectivity index (χ3n) is 1.74. The van der Waals surface area contributed by atoms with Gasteiger partial charge in [-0.3, -0.25) is 0 Å². The molecule has 0 saturated heterocycles. The highest BCUT2D eigenvalue weighted by molar-refractivity contribution is 5.86. The molecule has 0 aliphatic carbocycles. The quantitative estimate of drug-likeness (QED) is 0.467. The van der Waals surface area contributed by atoms with E-state index in [1.165, 1.54) is 0 Å². The number of fused-ring (bicyclic) bond motifs is 1. The van der Waals surface area contributed by atoms with E-state index in [0.29, 0.717) is 5.82 Å². The Balaban J connectivity index is 2.82. The van der Waals surface area contributed by atoms with Crippen molar-refractivity contribution in [3.63, 3.8) is 0 Å². The molecule has 5 nitrogen and oxygen atoms in total. The van der Waals surface area contributed by atoms with E-state index in [0.717, 1.165) is 11.0 Å². The van der Waals surface area contributed by atoms with Crippen LogP contribution in [0.4, 0.5) is 5.82 Å². The van der Waals surface area contributed by atoms with E-state index in [1.807, 2.05) is 19.2 Å². The molecule has 2 rings (SSSR count). The van der Waals surface area contributed by atoms with Gasteiger partial charge in [0.25, 0.3) is 0 Å². The normalized spacial score (nSPS) is 10.5. The summed E-state index contributed by atoms with van der Waals surface area (Å²) in [6.45, 7) is 0. The van der Waals surface area contributed by atoms with Crippen molar-refractivity contribution < 1.29 is 0 Å². The SMILES string of the molecule is Cn1nc(NN)c2cccnc21. The number of hydrogen-bond donors (Lipinski definition) is 2. The lowest BCUT2D eigenvalue weighted by Gasteiger charge is -1.90. The number of rotatable bonds is 1. The van der Waals surface area contributed by atoms with E-state index in [-0.39, 0.29) is 0 Å². The van der Waals surface area contributed by atoms with Crippen molar-refractivity contribution in [2.75, 3.05) is 5.43 Å². The third kappa shape index (κ3) is 0.835. The lowest BCUT2D eigenvalue weighted by Crippen LogP contribution is -2.07. The van der Waals surface area contributed by atoms with Crippen molar-refractivity contribution in [2.24, 2.45) is 12.9 Å². The molecule has 0 aliphatic rings. The number of nitrogen functional groups attached to an aromatic ring is 1. The number of nitrogens with two attached hydrogens (primary N) is 1. The van der Waals surface area contributed by atoms with E-state index < -0.39 is 0 Å². The van der Waals surface area contributed by atoms with Crippen molar-refractivity contribution in [1.82, 2.24) is 14.8 Å². The second-order valence-corrected chi connectivity index (χ2v) is 2.49. The van der Waals surface area contributed by atoms with Crippen LogP contribution >= 0.6 is 0 Å². The maximum absolute atomic E-state index is 5.28. The van der Waals surface area contributed by atoms with Crippen molar-refractivity contribution >= 4 is 16.9 Å². The molecule has 0 bridgehead atoms. The van der Waals surface area contributed by atoms with Gasteiger partial charge in [0.1, 0.15) is 0 Å². The summed E-state index contributed by atoms with van der Waals surface area (Å²) in [4.78, 5) is 4.15. The van der Waals surface area contributed by atoms with Gasteiger partial charge in [-0.25, -0.2) is 15.5 Å². The summed E-state index contributed by atoms with van der Waals surface area (Å²) in [5.74, 6) is 5.93. The van der Waals surface area contributed by atoms with Crippen LogP contribution in [0.3, 0.4) is 0 Å². The van der Waals surface area contributed by atoms with E-state index in [2.05, 4.69) is 15.5 Å². The predicted molar refractivity (Wildman–Crippen MR) is 46.3 cm³/mol. The number of aryl methyl sites for hydroxylation is 1. The summed E-state index contributed by atoms with van der Waals surface area (Å²) in [6, 6.07) is 3.77. The maximum atomic E-state index is 5.28. The summed E-state index contributed by atoms with van der Waals surface area (Å²) < 4.78 is 1.69. The minimum Gasteiger partial charge on any atom is -0.306 e. The van der Waals surface area contributed by atoms with Gasteiger partial charge in [-0.1, -0.05) is 0 Å². The molecule has 12 heavy (non-hydrogen) atoms. The van der Waals surface area contributed by atoms with Crippen LogP contribution in [0, 0.1) is 0 Å². The molecule has 0 amide bonds. The molecule has 0 atom stereocenters. The number of anilines is 1. The minimum absolute atomic E-state index is 0.653. The van der Waals surface area contributed by atoms with Crippen molar-refractivity contribution in [3.8, 4) is 0 Å². The smallest absolute Gasteiger partial charge is 0.171 e. The van der Waals surface area contributed by atoms with Crippen LogP contribution in [0.5, 0.6) is 0 Å². The van der Waals surface area contributed by atoms with Crippen LogP contribution in [0.25, 0.3) is 11.0 Å². The van der Waals surface area contributed by atoms with Gasteiger partial charge in [0.05, 0.1) is 5.39 Å². The summed E-state index contributed by atoms with van der Waals surface area (Å²) in [6.07, 6.45) is 1.73. The second kappa shape index (κ2) is 2.46. The Labute approximate surface area is 69.2 Å². The molecule has 2 heterocycles. The standard InChI is InChI=1S/C7H9N5/c1-12-7-5(3-2-4-9-7)6(10-8)11-12/h2-4H,8H2,1H3,(H,10,11). The number of nitrogens with one attached hydrogen (secondary N) is 1. The van der Waals surface area contributed by atoms with Crippen LogP contribution in [-0.4, -0.2) is 14.8 Å². The van der Waals surface area contributed by atoms with Crippen molar-refractivity contribution in [2.45, 2.75) is 0 Å². The van der Waals surface area contributed by atoms with Gasteiger partial charge < -0.3 is 5.43 Å². The van der Waals surface area contributed by atoms with Gasteiger partial charge in [0.15, 0.2) is 11.5 Å². The van der Waals surface area contributed by atoms with Crippen molar-refractivity contribution in [3.05, 3.63) is 18.3 Å². The molecule has 2 aromatic heterocycles. The molecule has 62 valence electrons. The first-order valence-electron chi connectivity index (χ1n) is 3.57. The van der Waals surface area contributed by atoms with E-state index >= 15 is 0 Å². The fourth-order valence-corrected chi connectivity index (χ4v) is 1.20. The van der Waals surface area contributed by atoms with E-state index in [1.54, 1.807) is 10.9 Å². The Morgan fingerprint density at radius 3 is 3.17 bits per heavy atom. The summed E-state index contributed by atoms with van der Waals surface area (Å²) in [5.41, 5.74) is 3.34.